The summed E-state index contributed by atoms with van der Waals surface area (Å²) in [6.45, 7) is 0. The summed E-state index contributed by atoms with van der Waals surface area (Å²) in [7, 11) is 0. The van der Waals surface area contributed by atoms with E-state index in [0.717, 1.165) is 44.6 Å². The van der Waals surface area contributed by atoms with Crippen LogP contribution >= 0.6 is 0 Å². The third-order valence-electron chi connectivity index (χ3n) is 9.41. The first-order chi connectivity index (χ1) is 24.1. The lowest BCUT2D eigenvalue weighted by Gasteiger charge is -2.34. The van der Waals surface area contributed by atoms with Crippen LogP contribution < -0.4 is 5.32 Å². The van der Waals surface area contributed by atoms with Crippen molar-refractivity contribution in [3.8, 4) is 22.3 Å². The van der Waals surface area contributed by atoms with Gasteiger partial charge in [-0.2, -0.15) is 0 Å². The molecule has 0 aliphatic heterocycles. The molecule has 216 valence electrons. The summed E-state index contributed by atoms with van der Waals surface area (Å²) >= 11 is 0. The van der Waals surface area contributed by atoms with Gasteiger partial charge in [-0.3, -0.25) is 0 Å². The molecule has 1 N–H and O–H groups in total. The van der Waals surface area contributed by atoms with Gasteiger partial charge in [-0.05, 0) is 96.3 Å². The number of rotatable bonds is 5. The molecule has 1 aliphatic rings. The molecule has 0 aromatic heterocycles. The molecule has 0 unspecified atom stereocenters. The van der Waals surface area contributed by atoms with Crippen molar-refractivity contribution in [3.05, 3.63) is 204 Å². The second-order valence-corrected chi connectivity index (χ2v) is 11.9. The van der Waals surface area contributed by atoms with Crippen molar-refractivity contribution in [2.45, 2.75) is 5.41 Å². The van der Waals surface area contributed by atoms with Crippen molar-refractivity contribution < 1.29 is 4.11 Å². The fraction of sp³-hybridized carbons (Fsp3) is 0.0222. The van der Waals surface area contributed by atoms with E-state index in [2.05, 4.69) is 102 Å². The first-order valence-electron chi connectivity index (χ1n) is 17.2. The number of hydrogen-bond acceptors (Lipinski definition) is 1. The lowest BCUT2D eigenvalue weighted by Crippen LogP contribution is -2.28. The Kier molecular flexibility index (Phi) is 5.41. The molecule has 0 fully saturated rings. The molecular weight excluding hydrogens is 555 g/mol. The molecule has 1 heteroatoms. The highest BCUT2D eigenvalue weighted by molar-refractivity contribution is 6.13. The van der Waals surface area contributed by atoms with Crippen LogP contribution in [0, 0.1) is 0 Å². The standard InChI is InChI=1S/C45H31N/c1-3-16-33(17-4-1)45(34-18-5-2-6-19-34)43-25-12-11-24-40(43)41-27-26-36(30-44(41)45)46-35-20-13-15-31(28-35)42-29-32-14-7-8-21-37(32)38-22-9-10-23-39(38)42/h1-30,46H/i26D,27D,30D. The van der Waals surface area contributed by atoms with Gasteiger partial charge in [0.1, 0.15) is 0 Å². The molecule has 8 aromatic carbocycles. The van der Waals surface area contributed by atoms with Crippen LogP contribution in [0.4, 0.5) is 11.4 Å². The zero-order valence-electron chi connectivity index (χ0n) is 28.1. The highest BCUT2D eigenvalue weighted by Crippen LogP contribution is 2.56. The molecule has 8 aromatic rings. The predicted molar refractivity (Wildman–Crippen MR) is 194 cm³/mol. The highest BCUT2D eigenvalue weighted by Gasteiger charge is 2.46. The van der Waals surface area contributed by atoms with Crippen LogP contribution in [-0.4, -0.2) is 0 Å². The van der Waals surface area contributed by atoms with Gasteiger partial charge in [0.25, 0.3) is 0 Å². The second-order valence-electron chi connectivity index (χ2n) is 11.9. The summed E-state index contributed by atoms with van der Waals surface area (Å²) in [4.78, 5) is 0. The molecule has 0 saturated heterocycles. The van der Waals surface area contributed by atoms with Crippen molar-refractivity contribution in [1.29, 1.82) is 0 Å². The van der Waals surface area contributed by atoms with E-state index in [-0.39, 0.29) is 18.1 Å². The first kappa shape index (κ1) is 23.5. The fourth-order valence-corrected chi connectivity index (χ4v) is 7.46. The Balaban J connectivity index is 1.26. The van der Waals surface area contributed by atoms with Gasteiger partial charge in [0.05, 0.1) is 9.53 Å². The zero-order valence-corrected chi connectivity index (χ0v) is 25.1. The number of anilines is 2. The normalized spacial score (nSPS) is 13.9. The first-order valence-corrected chi connectivity index (χ1v) is 15.7. The Labute approximate surface area is 273 Å². The minimum absolute atomic E-state index is 0.0111. The zero-order chi connectivity index (χ0) is 33.1. The molecule has 0 atom stereocenters. The van der Waals surface area contributed by atoms with Gasteiger partial charge in [0.2, 0.25) is 0 Å². The van der Waals surface area contributed by atoms with Gasteiger partial charge in [0.15, 0.2) is 0 Å². The van der Waals surface area contributed by atoms with Crippen molar-refractivity contribution in [1.82, 2.24) is 0 Å². The van der Waals surface area contributed by atoms with Gasteiger partial charge >= 0.3 is 0 Å². The van der Waals surface area contributed by atoms with Crippen molar-refractivity contribution >= 4 is 32.9 Å². The molecule has 9 rings (SSSR count). The maximum atomic E-state index is 9.89. The summed E-state index contributed by atoms with van der Waals surface area (Å²) in [5.41, 5.74) is 7.75. The average molecular weight is 589 g/mol. The van der Waals surface area contributed by atoms with E-state index in [9.17, 15) is 4.11 Å². The third kappa shape index (κ3) is 4.02. The molecule has 0 saturated carbocycles. The van der Waals surface area contributed by atoms with Crippen LogP contribution in [-0.2, 0) is 5.41 Å². The topological polar surface area (TPSA) is 12.0 Å². The van der Waals surface area contributed by atoms with E-state index in [1.165, 1.54) is 21.5 Å². The monoisotopic (exact) mass is 588 g/mol. The quantitative estimate of drug-likeness (QED) is 0.197. The Morgan fingerprint density at radius 3 is 1.87 bits per heavy atom. The predicted octanol–water partition coefficient (Wildman–Crippen LogP) is 11.8. The van der Waals surface area contributed by atoms with Gasteiger partial charge in [-0.1, -0.05) is 152 Å². The summed E-state index contributed by atoms with van der Waals surface area (Å²) in [5, 5.41) is 8.24. The second kappa shape index (κ2) is 10.6. The van der Waals surface area contributed by atoms with Crippen molar-refractivity contribution in [2.75, 3.05) is 5.32 Å². The molecule has 0 radical (unpaired) electrons. The van der Waals surface area contributed by atoms with Crippen LogP contribution in [0.2, 0.25) is 0 Å². The van der Waals surface area contributed by atoms with Crippen molar-refractivity contribution in [2.24, 2.45) is 0 Å². The maximum Gasteiger partial charge on any atom is 0.0714 e. The van der Waals surface area contributed by atoms with E-state index in [4.69, 9.17) is 0 Å². The number of benzene rings is 8. The summed E-state index contributed by atoms with van der Waals surface area (Å²) < 4.78 is 28.6. The maximum absolute atomic E-state index is 9.89. The van der Waals surface area contributed by atoms with Gasteiger partial charge in [0, 0.05) is 11.4 Å². The molecule has 0 bridgehead atoms. The summed E-state index contributed by atoms with van der Waals surface area (Å²) in [6.07, 6.45) is 0. The van der Waals surface area contributed by atoms with E-state index < -0.39 is 5.41 Å². The largest absolute Gasteiger partial charge is 0.355 e. The minimum Gasteiger partial charge on any atom is -0.355 e. The lowest BCUT2D eigenvalue weighted by atomic mass is 9.67. The number of nitrogens with one attached hydrogen (secondary N) is 1. The molecule has 1 nitrogen and oxygen atoms in total. The van der Waals surface area contributed by atoms with E-state index >= 15 is 0 Å². The van der Waals surface area contributed by atoms with E-state index in [0.29, 0.717) is 11.3 Å². The highest BCUT2D eigenvalue weighted by atomic mass is 14.9. The molecule has 1 aliphatic carbocycles. The Morgan fingerprint density at radius 2 is 1.09 bits per heavy atom. The molecule has 0 heterocycles. The minimum atomic E-state index is -0.836. The Bertz CT molecular complexity index is 2520. The summed E-state index contributed by atoms with van der Waals surface area (Å²) in [6, 6.07) is 56.5. The van der Waals surface area contributed by atoms with E-state index in [1.807, 2.05) is 66.7 Å². The summed E-state index contributed by atoms with van der Waals surface area (Å²) in [5.74, 6) is 0. The van der Waals surface area contributed by atoms with Gasteiger partial charge in [-0.15, -0.1) is 0 Å². The van der Waals surface area contributed by atoms with Crippen LogP contribution in [0.1, 0.15) is 26.4 Å². The lowest BCUT2D eigenvalue weighted by molar-refractivity contribution is 0.769. The average Bonchev–Trinajstić information content (AvgIpc) is 3.48. The van der Waals surface area contributed by atoms with Gasteiger partial charge in [-0.25, -0.2) is 0 Å². The number of fused-ring (bicyclic) bond motifs is 6. The number of hydrogen-bond donors (Lipinski definition) is 1. The molecule has 0 amide bonds. The van der Waals surface area contributed by atoms with Crippen LogP contribution in [0.3, 0.4) is 0 Å². The third-order valence-corrected chi connectivity index (χ3v) is 9.41. The molecule has 46 heavy (non-hydrogen) atoms. The van der Waals surface area contributed by atoms with Crippen LogP contribution in [0.25, 0.3) is 43.8 Å². The van der Waals surface area contributed by atoms with Crippen molar-refractivity contribution in [3.63, 3.8) is 0 Å². The smallest absolute Gasteiger partial charge is 0.0714 e. The molecular formula is C45H31N. The van der Waals surface area contributed by atoms with Crippen LogP contribution in [0.5, 0.6) is 0 Å². The van der Waals surface area contributed by atoms with Gasteiger partial charge < -0.3 is 5.32 Å². The van der Waals surface area contributed by atoms with Crippen LogP contribution in [0.15, 0.2) is 182 Å². The van der Waals surface area contributed by atoms with E-state index in [1.54, 1.807) is 0 Å². The Morgan fingerprint density at radius 1 is 0.435 bits per heavy atom. The SMILES string of the molecule is [2H]c1c([2H])c2c(c([2H])c1Nc1cccc(-c3cc4ccccc4c4ccccc34)c1)C(c1ccccc1)(c1ccccc1)c1ccccc1-2. The fourth-order valence-electron chi connectivity index (χ4n) is 7.46. The molecule has 0 spiro atoms. The Hall–Kier alpha value is -5.92.